The summed E-state index contributed by atoms with van der Waals surface area (Å²) < 4.78 is 17.8. The van der Waals surface area contributed by atoms with Gasteiger partial charge in [0.25, 0.3) is 0 Å². The number of amides is 1. The lowest BCUT2D eigenvalue weighted by Gasteiger charge is -2.24. The summed E-state index contributed by atoms with van der Waals surface area (Å²) in [7, 11) is 0. The number of carbonyl (C=O) groups excluding carboxylic acids is 1. The molecule has 0 bridgehead atoms. The van der Waals surface area contributed by atoms with Crippen molar-refractivity contribution in [3.63, 3.8) is 0 Å². The fourth-order valence-electron chi connectivity index (χ4n) is 5.03. The molecular weight excluding hydrogens is 402 g/mol. The van der Waals surface area contributed by atoms with Gasteiger partial charge in [0.2, 0.25) is 0 Å². The average Bonchev–Trinajstić information content (AvgIpc) is 3.41. The number of ether oxygens (including phenoxy) is 3. The van der Waals surface area contributed by atoms with E-state index in [2.05, 4.69) is 29.6 Å². The number of fused-ring (bicyclic) bond motifs is 1. The molecule has 4 rings (SSSR count). The summed E-state index contributed by atoms with van der Waals surface area (Å²) in [5.74, 6) is 0.767. The fourth-order valence-corrected chi connectivity index (χ4v) is 5.03. The number of nitrogens with one attached hydrogen (secondary N) is 1. The van der Waals surface area contributed by atoms with Crippen molar-refractivity contribution in [2.45, 2.75) is 58.5 Å². The van der Waals surface area contributed by atoms with Crippen molar-refractivity contribution >= 4 is 6.09 Å². The van der Waals surface area contributed by atoms with Gasteiger partial charge in [-0.1, -0.05) is 60.7 Å². The first-order valence-corrected chi connectivity index (χ1v) is 11.6. The highest BCUT2D eigenvalue weighted by Gasteiger charge is 2.67. The number of rotatable bonds is 9. The molecule has 0 heterocycles. The average molecular weight is 438 g/mol. The van der Waals surface area contributed by atoms with Crippen LogP contribution in [0.15, 0.2) is 60.7 Å². The van der Waals surface area contributed by atoms with Gasteiger partial charge in [0.05, 0.1) is 26.4 Å². The Balaban J connectivity index is 1.36. The van der Waals surface area contributed by atoms with E-state index in [1.807, 2.05) is 57.2 Å². The standard InChI is InChI=1S/C27H35NO4/c1-26(2,3)32-25(29)28-24-14-22(18-30-16-20-10-6-4-7-11-20)27(15-23(24)27)19-31-17-21-12-8-5-9-13-21/h4-13,22-24H,14-19H2,1-3H3,(H,28,29)/t22-,23-,24+,27-/m1/s1. The van der Waals surface area contributed by atoms with Crippen LogP contribution in [-0.4, -0.2) is 30.9 Å². The van der Waals surface area contributed by atoms with Crippen LogP contribution in [0.3, 0.4) is 0 Å². The molecule has 32 heavy (non-hydrogen) atoms. The van der Waals surface area contributed by atoms with Gasteiger partial charge in [0.1, 0.15) is 5.60 Å². The Morgan fingerprint density at radius 1 is 0.969 bits per heavy atom. The van der Waals surface area contributed by atoms with Crippen molar-refractivity contribution in [2.24, 2.45) is 17.3 Å². The van der Waals surface area contributed by atoms with Crippen molar-refractivity contribution in [3.8, 4) is 0 Å². The van der Waals surface area contributed by atoms with Crippen LogP contribution in [0.5, 0.6) is 0 Å². The van der Waals surface area contributed by atoms with Crippen LogP contribution in [-0.2, 0) is 27.4 Å². The van der Waals surface area contributed by atoms with Crippen molar-refractivity contribution in [2.75, 3.05) is 13.2 Å². The predicted octanol–water partition coefficient (Wildman–Crippen LogP) is 5.34. The highest BCUT2D eigenvalue weighted by molar-refractivity contribution is 5.68. The summed E-state index contributed by atoms with van der Waals surface area (Å²) in [6, 6.07) is 20.6. The molecule has 2 fully saturated rings. The second-order valence-electron chi connectivity index (χ2n) is 10.2. The Morgan fingerprint density at radius 3 is 2.16 bits per heavy atom. The molecule has 172 valence electrons. The molecule has 5 nitrogen and oxygen atoms in total. The fraction of sp³-hybridized carbons (Fsp3) is 0.519. The third-order valence-corrected chi connectivity index (χ3v) is 6.63. The highest BCUT2D eigenvalue weighted by Crippen LogP contribution is 2.66. The second kappa shape index (κ2) is 9.63. The molecule has 1 N–H and O–H groups in total. The molecular formula is C27H35NO4. The number of hydrogen-bond donors (Lipinski definition) is 1. The van der Waals surface area contributed by atoms with E-state index in [-0.39, 0.29) is 17.6 Å². The smallest absolute Gasteiger partial charge is 0.407 e. The van der Waals surface area contributed by atoms with Gasteiger partial charge < -0.3 is 19.5 Å². The monoisotopic (exact) mass is 437 g/mol. The number of alkyl carbamates (subject to hydrolysis) is 1. The van der Waals surface area contributed by atoms with E-state index < -0.39 is 5.60 Å². The zero-order valence-corrected chi connectivity index (χ0v) is 19.4. The molecule has 1 amide bonds. The van der Waals surface area contributed by atoms with Gasteiger partial charge in [0, 0.05) is 11.5 Å². The van der Waals surface area contributed by atoms with Crippen molar-refractivity contribution < 1.29 is 19.0 Å². The molecule has 0 unspecified atom stereocenters. The van der Waals surface area contributed by atoms with Gasteiger partial charge in [0.15, 0.2) is 0 Å². The molecule has 0 aliphatic heterocycles. The zero-order valence-electron chi connectivity index (χ0n) is 19.4. The Morgan fingerprint density at radius 2 is 1.56 bits per heavy atom. The first kappa shape index (κ1) is 22.8. The number of benzene rings is 2. The van der Waals surface area contributed by atoms with E-state index in [0.717, 1.165) is 12.8 Å². The van der Waals surface area contributed by atoms with Gasteiger partial charge in [-0.3, -0.25) is 0 Å². The van der Waals surface area contributed by atoms with E-state index in [9.17, 15) is 4.79 Å². The Labute approximate surface area is 191 Å². The van der Waals surface area contributed by atoms with Crippen molar-refractivity contribution in [3.05, 3.63) is 71.8 Å². The minimum atomic E-state index is -0.500. The van der Waals surface area contributed by atoms with Crippen molar-refractivity contribution in [1.29, 1.82) is 0 Å². The van der Waals surface area contributed by atoms with Gasteiger partial charge in [-0.25, -0.2) is 4.79 Å². The number of hydrogen-bond acceptors (Lipinski definition) is 4. The third-order valence-electron chi connectivity index (χ3n) is 6.63. The molecule has 0 aromatic heterocycles. The van der Waals surface area contributed by atoms with Crippen molar-refractivity contribution in [1.82, 2.24) is 5.32 Å². The first-order valence-electron chi connectivity index (χ1n) is 11.6. The Hall–Kier alpha value is -2.37. The van der Waals surface area contributed by atoms with Gasteiger partial charge in [-0.2, -0.15) is 0 Å². The summed E-state index contributed by atoms with van der Waals surface area (Å²) in [4.78, 5) is 12.4. The summed E-state index contributed by atoms with van der Waals surface area (Å²) in [5, 5.41) is 3.13. The summed E-state index contributed by atoms with van der Waals surface area (Å²) in [6.45, 7) is 8.25. The molecule has 2 aromatic rings. The maximum atomic E-state index is 12.4. The van der Waals surface area contributed by atoms with E-state index >= 15 is 0 Å². The van der Waals surface area contributed by atoms with Crippen LogP contribution in [0.1, 0.15) is 44.7 Å². The summed E-state index contributed by atoms with van der Waals surface area (Å²) in [5.41, 5.74) is 1.93. The summed E-state index contributed by atoms with van der Waals surface area (Å²) in [6.07, 6.45) is 1.62. The Bertz CT molecular complexity index is 880. The largest absolute Gasteiger partial charge is 0.444 e. The lowest BCUT2D eigenvalue weighted by atomic mass is 9.91. The van der Waals surface area contributed by atoms with E-state index in [1.54, 1.807) is 0 Å². The van der Waals surface area contributed by atoms with Gasteiger partial charge in [-0.05, 0) is 56.6 Å². The maximum Gasteiger partial charge on any atom is 0.407 e. The minimum Gasteiger partial charge on any atom is -0.444 e. The second-order valence-corrected chi connectivity index (χ2v) is 10.2. The van der Waals surface area contributed by atoms with E-state index in [1.165, 1.54) is 11.1 Å². The highest BCUT2D eigenvalue weighted by atomic mass is 16.6. The van der Waals surface area contributed by atoms with E-state index in [0.29, 0.717) is 38.3 Å². The molecule has 5 heteroatoms. The molecule has 2 aliphatic rings. The summed E-state index contributed by atoms with van der Waals surface area (Å²) >= 11 is 0. The zero-order chi connectivity index (χ0) is 22.6. The Kier molecular flexibility index (Phi) is 6.87. The molecule has 4 atom stereocenters. The van der Waals surface area contributed by atoms with Crippen LogP contribution in [0, 0.1) is 17.3 Å². The predicted molar refractivity (Wildman–Crippen MR) is 124 cm³/mol. The van der Waals surface area contributed by atoms with Crippen LogP contribution >= 0.6 is 0 Å². The maximum absolute atomic E-state index is 12.4. The molecule has 0 saturated heterocycles. The normalized spacial score (nSPS) is 26.4. The third kappa shape index (κ3) is 5.70. The van der Waals surface area contributed by atoms with Crippen LogP contribution < -0.4 is 5.32 Å². The molecule has 2 aromatic carbocycles. The molecule has 0 spiro atoms. The molecule has 2 aliphatic carbocycles. The first-order chi connectivity index (χ1) is 15.4. The van der Waals surface area contributed by atoms with Crippen LogP contribution in [0.25, 0.3) is 0 Å². The van der Waals surface area contributed by atoms with Gasteiger partial charge in [-0.15, -0.1) is 0 Å². The van der Waals surface area contributed by atoms with E-state index in [4.69, 9.17) is 14.2 Å². The lowest BCUT2D eigenvalue weighted by Crippen LogP contribution is -2.39. The van der Waals surface area contributed by atoms with Gasteiger partial charge >= 0.3 is 6.09 Å². The molecule has 0 radical (unpaired) electrons. The van der Waals surface area contributed by atoms with Crippen LogP contribution in [0.2, 0.25) is 0 Å². The molecule has 2 saturated carbocycles. The topological polar surface area (TPSA) is 56.8 Å². The number of carbonyl (C=O) groups is 1. The van der Waals surface area contributed by atoms with Crippen LogP contribution in [0.4, 0.5) is 4.79 Å². The lowest BCUT2D eigenvalue weighted by molar-refractivity contribution is 0.0153. The minimum absolute atomic E-state index is 0.0746. The SMILES string of the molecule is CC(C)(C)OC(=O)N[C@H]1C[C@H](COCc2ccccc2)[C@]2(COCc3ccccc3)C[C@H]12. The quantitative estimate of drug-likeness (QED) is 0.575.